The number of carbonyl (C=O) groups is 2. The standard InChI is InChI=1S/C10H18N2O2S/c1-10(2,11)7-15-6-9(14)12-5-3-4-8(12)13/h3-7,11H2,1-2H3. The van der Waals surface area contributed by atoms with E-state index in [2.05, 4.69) is 0 Å². The van der Waals surface area contributed by atoms with E-state index in [0.29, 0.717) is 18.7 Å². The Balaban J connectivity index is 2.27. The lowest BCUT2D eigenvalue weighted by Crippen LogP contribution is -2.37. The van der Waals surface area contributed by atoms with E-state index in [4.69, 9.17) is 5.73 Å². The lowest BCUT2D eigenvalue weighted by Gasteiger charge is -2.18. The number of amides is 2. The highest BCUT2D eigenvalue weighted by atomic mass is 32.2. The first kappa shape index (κ1) is 12.5. The number of rotatable bonds is 4. The molecule has 1 fully saturated rings. The van der Waals surface area contributed by atoms with Crippen LogP contribution in [0.1, 0.15) is 26.7 Å². The number of nitrogens with two attached hydrogens (primary N) is 1. The zero-order valence-electron chi connectivity index (χ0n) is 9.28. The summed E-state index contributed by atoms with van der Waals surface area (Å²) in [4.78, 5) is 24.2. The van der Waals surface area contributed by atoms with Crippen LogP contribution >= 0.6 is 11.8 Å². The summed E-state index contributed by atoms with van der Waals surface area (Å²) >= 11 is 1.49. The predicted octanol–water partition coefficient (Wildman–Crippen LogP) is 0.606. The Morgan fingerprint density at radius 1 is 1.60 bits per heavy atom. The van der Waals surface area contributed by atoms with Crippen molar-refractivity contribution in [3.63, 3.8) is 0 Å². The number of nitrogens with zero attached hydrogens (tertiary/aromatic N) is 1. The van der Waals surface area contributed by atoms with E-state index in [1.54, 1.807) is 0 Å². The summed E-state index contributed by atoms with van der Waals surface area (Å²) < 4.78 is 0. The lowest BCUT2D eigenvalue weighted by molar-refractivity contribution is -0.140. The Morgan fingerprint density at radius 3 is 2.73 bits per heavy atom. The molecule has 1 heterocycles. The Bertz CT molecular complexity index is 261. The molecule has 0 bridgehead atoms. The van der Waals surface area contributed by atoms with Crippen LogP contribution in [-0.4, -0.2) is 40.3 Å². The predicted molar refractivity (Wildman–Crippen MR) is 61.5 cm³/mol. The summed E-state index contributed by atoms with van der Waals surface area (Å²) in [6, 6.07) is 0. The van der Waals surface area contributed by atoms with Gasteiger partial charge in [-0.05, 0) is 20.3 Å². The molecule has 0 aromatic rings. The zero-order valence-corrected chi connectivity index (χ0v) is 10.1. The van der Waals surface area contributed by atoms with Crippen LogP contribution in [0, 0.1) is 0 Å². The third-order valence-corrected chi connectivity index (χ3v) is 3.47. The van der Waals surface area contributed by atoms with Crippen molar-refractivity contribution in [2.24, 2.45) is 5.73 Å². The van der Waals surface area contributed by atoms with Crippen molar-refractivity contribution in [1.29, 1.82) is 0 Å². The monoisotopic (exact) mass is 230 g/mol. The van der Waals surface area contributed by atoms with Gasteiger partial charge >= 0.3 is 0 Å². The maximum atomic E-state index is 11.6. The third kappa shape index (κ3) is 4.22. The average Bonchev–Trinajstić information content (AvgIpc) is 2.48. The van der Waals surface area contributed by atoms with E-state index in [1.807, 2.05) is 13.8 Å². The average molecular weight is 230 g/mol. The van der Waals surface area contributed by atoms with Gasteiger partial charge in [-0.2, -0.15) is 11.8 Å². The molecule has 0 unspecified atom stereocenters. The summed E-state index contributed by atoms with van der Waals surface area (Å²) in [6.07, 6.45) is 1.32. The summed E-state index contributed by atoms with van der Waals surface area (Å²) in [7, 11) is 0. The number of carbonyl (C=O) groups excluding carboxylic acids is 2. The minimum absolute atomic E-state index is 0.0346. The summed E-state index contributed by atoms with van der Waals surface area (Å²) in [5.74, 6) is 0.965. The molecule has 2 amide bonds. The summed E-state index contributed by atoms with van der Waals surface area (Å²) in [5, 5.41) is 0. The fourth-order valence-corrected chi connectivity index (χ4v) is 2.35. The Morgan fingerprint density at radius 2 is 2.27 bits per heavy atom. The van der Waals surface area contributed by atoms with Crippen molar-refractivity contribution in [3.05, 3.63) is 0 Å². The van der Waals surface area contributed by atoms with Crippen molar-refractivity contribution in [1.82, 2.24) is 4.90 Å². The number of hydrogen-bond donors (Lipinski definition) is 1. The van der Waals surface area contributed by atoms with Crippen molar-refractivity contribution >= 4 is 23.6 Å². The zero-order chi connectivity index (χ0) is 11.5. The topological polar surface area (TPSA) is 63.4 Å². The van der Waals surface area contributed by atoms with Crippen molar-refractivity contribution in [3.8, 4) is 0 Å². The SMILES string of the molecule is CC(C)(N)CSCC(=O)N1CCCC1=O. The maximum Gasteiger partial charge on any atom is 0.239 e. The normalized spacial score (nSPS) is 17.3. The molecule has 2 N–H and O–H groups in total. The second-order valence-electron chi connectivity index (χ2n) is 4.52. The van der Waals surface area contributed by atoms with Crippen LogP contribution in [0.2, 0.25) is 0 Å². The van der Waals surface area contributed by atoms with Crippen LogP contribution in [0.25, 0.3) is 0 Å². The highest BCUT2D eigenvalue weighted by Gasteiger charge is 2.26. The Kier molecular flexibility index (Phi) is 4.16. The van der Waals surface area contributed by atoms with Crippen molar-refractivity contribution in [2.45, 2.75) is 32.2 Å². The van der Waals surface area contributed by atoms with Crippen LogP contribution in [-0.2, 0) is 9.59 Å². The molecule has 1 aliphatic rings. The molecule has 1 saturated heterocycles. The molecule has 1 rings (SSSR count). The minimum atomic E-state index is -0.264. The van der Waals surface area contributed by atoms with Crippen LogP contribution in [0.3, 0.4) is 0 Å². The van der Waals surface area contributed by atoms with Crippen molar-refractivity contribution in [2.75, 3.05) is 18.1 Å². The number of thioether (sulfide) groups is 1. The number of imide groups is 1. The van der Waals surface area contributed by atoms with Gasteiger partial charge in [0.15, 0.2) is 0 Å². The molecule has 0 aromatic carbocycles. The molecule has 1 aliphatic heterocycles. The van der Waals surface area contributed by atoms with Gasteiger partial charge in [-0.15, -0.1) is 0 Å². The Labute approximate surface area is 94.6 Å². The Hall–Kier alpha value is -0.550. The van der Waals surface area contributed by atoms with E-state index in [9.17, 15) is 9.59 Å². The molecular formula is C10H18N2O2S. The molecule has 0 radical (unpaired) electrons. The van der Waals surface area contributed by atoms with E-state index < -0.39 is 0 Å². The van der Waals surface area contributed by atoms with Gasteiger partial charge in [0.2, 0.25) is 11.8 Å². The fourth-order valence-electron chi connectivity index (χ4n) is 1.39. The number of likely N-dealkylation sites (tertiary alicyclic amines) is 1. The highest BCUT2D eigenvalue weighted by Crippen LogP contribution is 2.14. The lowest BCUT2D eigenvalue weighted by atomic mass is 10.1. The van der Waals surface area contributed by atoms with Gasteiger partial charge in [0.1, 0.15) is 0 Å². The van der Waals surface area contributed by atoms with Gasteiger partial charge in [0, 0.05) is 24.3 Å². The minimum Gasteiger partial charge on any atom is -0.325 e. The molecule has 0 saturated carbocycles. The smallest absolute Gasteiger partial charge is 0.239 e. The quantitative estimate of drug-likeness (QED) is 0.768. The maximum absolute atomic E-state index is 11.6. The van der Waals surface area contributed by atoms with Crippen LogP contribution < -0.4 is 5.73 Å². The fraction of sp³-hybridized carbons (Fsp3) is 0.800. The number of hydrogen-bond acceptors (Lipinski definition) is 4. The van der Waals surface area contributed by atoms with Crippen LogP contribution in [0.4, 0.5) is 0 Å². The molecule has 0 spiro atoms. The summed E-state index contributed by atoms with van der Waals surface area (Å²) in [5.41, 5.74) is 5.53. The molecular weight excluding hydrogens is 212 g/mol. The summed E-state index contributed by atoms with van der Waals surface area (Å²) in [6.45, 7) is 4.43. The van der Waals surface area contributed by atoms with Crippen LogP contribution in [0.15, 0.2) is 0 Å². The van der Waals surface area contributed by atoms with Gasteiger partial charge in [0.25, 0.3) is 0 Å². The van der Waals surface area contributed by atoms with Gasteiger partial charge in [0.05, 0.1) is 5.75 Å². The second kappa shape index (κ2) is 4.99. The van der Waals surface area contributed by atoms with E-state index in [1.165, 1.54) is 16.7 Å². The van der Waals surface area contributed by atoms with Gasteiger partial charge < -0.3 is 5.73 Å². The molecule has 0 aromatic heterocycles. The van der Waals surface area contributed by atoms with E-state index >= 15 is 0 Å². The third-order valence-electron chi connectivity index (χ3n) is 2.07. The van der Waals surface area contributed by atoms with E-state index in [-0.39, 0.29) is 17.4 Å². The largest absolute Gasteiger partial charge is 0.325 e. The highest BCUT2D eigenvalue weighted by molar-refractivity contribution is 8.00. The van der Waals surface area contributed by atoms with Gasteiger partial charge in [-0.3, -0.25) is 14.5 Å². The molecule has 0 aliphatic carbocycles. The van der Waals surface area contributed by atoms with Gasteiger partial charge in [-0.25, -0.2) is 0 Å². The van der Waals surface area contributed by atoms with E-state index in [0.717, 1.165) is 12.2 Å². The molecule has 15 heavy (non-hydrogen) atoms. The molecule has 0 atom stereocenters. The molecule has 5 heteroatoms. The first-order chi connectivity index (χ1) is 6.90. The van der Waals surface area contributed by atoms with Gasteiger partial charge in [-0.1, -0.05) is 0 Å². The second-order valence-corrected chi connectivity index (χ2v) is 5.51. The first-order valence-corrected chi connectivity index (χ1v) is 6.25. The van der Waals surface area contributed by atoms with Crippen molar-refractivity contribution < 1.29 is 9.59 Å². The first-order valence-electron chi connectivity index (χ1n) is 5.10. The van der Waals surface area contributed by atoms with Crippen LogP contribution in [0.5, 0.6) is 0 Å². The molecule has 86 valence electrons. The molecule has 4 nitrogen and oxygen atoms in total.